The summed E-state index contributed by atoms with van der Waals surface area (Å²) in [5.74, 6) is 0.194. The van der Waals surface area contributed by atoms with Gasteiger partial charge in [0.15, 0.2) is 0 Å². The Kier molecular flexibility index (Phi) is 4.65. The third-order valence-electron chi connectivity index (χ3n) is 3.85. The molecule has 4 nitrogen and oxygen atoms in total. The molecule has 0 aliphatic carbocycles. The van der Waals surface area contributed by atoms with E-state index in [0.717, 1.165) is 25.3 Å². The average Bonchev–Trinajstić information content (AvgIpc) is 2.40. The van der Waals surface area contributed by atoms with Gasteiger partial charge in [-0.1, -0.05) is 19.9 Å². The lowest BCUT2D eigenvalue weighted by Gasteiger charge is -2.33. The van der Waals surface area contributed by atoms with Gasteiger partial charge >= 0.3 is 0 Å². The summed E-state index contributed by atoms with van der Waals surface area (Å²) in [5, 5.41) is 3.44. The van der Waals surface area contributed by atoms with Crippen molar-refractivity contribution in [2.45, 2.75) is 33.4 Å². The lowest BCUT2D eigenvalue weighted by molar-refractivity contribution is -0.129. The Morgan fingerprint density at radius 3 is 2.65 bits per heavy atom. The summed E-state index contributed by atoms with van der Waals surface area (Å²) >= 11 is 0. The van der Waals surface area contributed by atoms with Gasteiger partial charge in [-0.25, -0.2) is 0 Å². The zero-order chi connectivity index (χ0) is 14.7. The van der Waals surface area contributed by atoms with Crippen molar-refractivity contribution in [3.63, 3.8) is 0 Å². The summed E-state index contributed by atoms with van der Waals surface area (Å²) in [4.78, 5) is 15.7. The van der Waals surface area contributed by atoms with E-state index in [9.17, 15) is 4.79 Å². The third-order valence-corrected chi connectivity index (χ3v) is 3.85. The van der Waals surface area contributed by atoms with Crippen LogP contribution in [0.5, 0.6) is 0 Å². The van der Waals surface area contributed by atoms with Gasteiger partial charge in [0.25, 0.3) is 0 Å². The Balaban J connectivity index is 2.07. The van der Waals surface area contributed by atoms with Crippen molar-refractivity contribution in [3.05, 3.63) is 29.3 Å². The second-order valence-electron chi connectivity index (χ2n) is 5.88. The first-order valence-electron chi connectivity index (χ1n) is 7.29. The number of anilines is 1. The molecule has 0 spiro atoms. The van der Waals surface area contributed by atoms with Gasteiger partial charge in [-0.2, -0.15) is 0 Å². The van der Waals surface area contributed by atoms with Crippen molar-refractivity contribution < 1.29 is 4.79 Å². The van der Waals surface area contributed by atoms with Crippen LogP contribution in [0.1, 0.15) is 25.0 Å². The smallest absolute Gasteiger partial charge is 0.241 e. The molecule has 1 aromatic carbocycles. The zero-order valence-electron chi connectivity index (χ0n) is 12.9. The first-order valence-corrected chi connectivity index (χ1v) is 7.29. The molecular formula is C16H25N3O. The maximum atomic E-state index is 11.8. The molecule has 4 heteroatoms. The van der Waals surface area contributed by atoms with Crippen LogP contribution in [0, 0.1) is 6.92 Å². The summed E-state index contributed by atoms with van der Waals surface area (Å²) in [7, 11) is 1.87. The number of aryl methyl sites for hydroxylation is 1. The Labute approximate surface area is 121 Å². The molecule has 1 N–H and O–H groups in total. The number of nitrogens with one attached hydrogen (secondary N) is 1. The minimum Gasteiger partial charge on any atom is -0.360 e. The lowest BCUT2D eigenvalue weighted by Crippen LogP contribution is -2.48. The molecule has 1 aromatic rings. The van der Waals surface area contributed by atoms with Crippen LogP contribution in [0.25, 0.3) is 0 Å². The summed E-state index contributed by atoms with van der Waals surface area (Å²) in [5.41, 5.74) is 3.75. The molecule has 0 bridgehead atoms. The molecule has 1 aliphatic heterocycles. The molecule has 110 valence electrons. The molecule has 0 unspecified atom stereocenters. The van der Waals surface area contributed by atoms with Crippen molar-refractivity contribution >= 4 is 11.6 Å². The number of hydrogen-bond acceptors (Lipinski definition) is 3. The number of hydrogen-bond donors (Lipinski definition) is 1. The third kappa shape index (κ3) is 3.51. The average molecular weight is 275 g/mol. The number of likely N-dealkylation sites (N-methyl/N-ethyl adjacent to an activating group) is 1. The van der Waals surface area contributed by atoms with E-state index in [1.54, 1.807) is 4.90 Å². The van der Waals surface area contributed by atoms with Gasteiger partial charge in [0.1, 0.15) is 0 Å². The number of amides is 1. The number of carbonyl (C=O) groups excluding carboxylic acids is 1. The quantitative estimate of drug-likeness (QED) is 0.909. The number of nitrogens with zero attached hydrogens (tertiary/aromatic N) is 2. The Morgan fingerprint density at radius 2 is 2.05 bits per heavy atom. The standard InChI is InChI=1S/C16H25N3O/c1-12(2)17-10-14-5-6-15(9-13(14)3)19-8-7-18(4)16(20)11-19/h5-6,9,12,17H,7-8,10-11H2,1-4H3. The fraction of sp³-hybridized carbons (Fsp3) is 0.562. The highest BCUT2D eigenvalue weighted by Gasteiger charge is 2.21. The first-order chi connectivity index (χ1) is 9.47. The molecule has 0 aromatic heterocycles. The summed E-state index contributed by atoms with van der Waals surface area (Å²) in [6.45, 7) is 9.53. The van der Waals surface area contributed by atoms with Crippen LogP contribution >= 0.6 is 0 Å². The fourth-order valence-corrected chi connectivity index (χ4v) is 2.37. The fourth-order valence-electron chi connectivity index (χ4n) is 2.37. The van der Waals surface area contributed by atoms with Crippen LogP contribution in [0.3, 0.4) is 0 Å². The zero-order valence-corrected chi connectivity index (χ0v) is 12.9. The van der Waals surface area contributed by atoms with Crippen LogP contribution in [-0.4, -0.2) is 43.5 Å². The molecule has 1 saturated heterocycles. The highest BCUT2D eigenvalue weighted by Crippen LogP contribution is 2.20. The van der Waals surface area contributed by atoms with E-state index in [0.29, 0.717) is 12.6 Å². The number of carbonyl (C=O) groups is 1. The van der Waals surface area contributed by atoms with Crippen molar-refractivity contribution in [3.8, 4) is 0 Å². The Morgan fingerprint density at radius 1 is 1.30 bits per heavy atom. The highest BCUT2D eigenvalue weighted by atomic mass is 16.2. The van der Waals surface area contributed by atoms with Crippen LogP contribution in [0.15, 0.2) is 18.2 Å². The van der Waals surface area contributed by atoms with E-state index in [2.05, 4.69) is 49.2 Å². The minimum absolute atomic E-state index is 0.194. The molecule has 1 fully saturated rings. The summed E-state index contributed by atoms with van der Waals surface area (Å²) in [6.07, 6.45) is 0. The highest BCUT2D eigenvalue weighted by molar-refractivity contribution is 5.82. The van der Waals surface area contributed by atoms with Crippen molar-refractivity contribution in [2.24, 2.45) is 0 Å². The van der Waals surface area contributed by atoms with Crippen LogP contribution < -0.4 is 10.2 Å². The first kappa shape index (κ1) is 14.9. The molecular weight excluding hydrogens is 250 g/mol. The summed E-state index contributed by atoms with van der Waals surface area (Å²) < 4.78 is 0. The normalized spacial score (nSPS) is 16.1. The molecule has 0 atom stereocenters. The van der Waals surface area contributed by atoms with E-state index >= 15 is 0 Å². The minimum atomic E-state index is 0.194. The molecule has 0 radical (unpaired) electrons. The topological polar surface area (TPSA) is 35.6 Å². The van der Waals surface area contributed by atoms with Gasteiger partial charge in [-0.15, -0.1) is 0 Å². The largest absolute Gasteiger partial charge is 0.360 e. The van der Waals surface area contributed by atoms with E-state index in [-0.39, 0.29) is 5.91 Å². The van der Waals surface area contributed by atoms with Gasteiger partial charge < -0.3 is 15.1 Å². The van der Waals surface area contributed by atoms with Crippen LogP contribution in [0.2, 0.25) is 0 Å². The predicted octanol–water partition coefficient (Wildman–Crippen LogP) is 1.77. The maximum absolute atomic E-state index is 11.8. The SMILES string of the molecule is Cc1cc(N2CCN(C)C(=O)C2)ccc1CNC(C)C. The van der Waals surface area contributed by atoms with Gasteiger partial charge in [-0.05, 0) is 30.2 Å². The van der Waals surface area contributed by atoms with Crippen LogP contribution in [-0.2, 0) is 11.3 Å². The van der Waals surface area contributed by atoms with E-state index < -0.39 is 0 Å². The molecule has 2 rings (SSSR count). The van der Waals surface area contributed by atoms with Gasteiger partial charge in [0, 0.05) is 38.4 Å². The molecule has 1 amide bonds. The van der Waals surface area contributed by atoms with Gasteiger partial charge in [0.2, 0.25) is 5.91 Å². The molecule has 0 saturated carbocycles. The van der Waals surface area contributed by atoms with E-state index in [1.165, 1.54) is 11.1 Å². The van der Waals surface area contributed by atoms with Gasteiger partial charge in [-0.3, -0.25) is 4.79 Å². The number of benzene rings is 1. The second kappa shape index (κ2) is 6.27. The predicted molar refractivity (Wildman–Crippen MR) is 83.0 cm³/mol. The van der Waals surface area contributed by atoms with Crippen molar-refractivity contribution in [1.82, 2.24) is 10.2 Å². The molecule has 1 aliphatic rings. The van der Waals surface area contributed by atoms with E-state index in [1.807, 2.05) is 7.05 Å². The molecule has 1 heterocycles. The monoisotopic (exact) mass is 275 g/mol. The summed E-state index contributed by atoms with van der Waals surface area (Å²) in [6, 6.07) is 6.98. The van der Waals surface area contributed by atoms with E-state index in [4.69, 9.17) is 0 Å². The van der Waals surface area contributed by atoms with Crippen molar-refractivity contribution in [2.75, 3.05) is 31.6 Å². The van der Waals surface area contributed by atoms with Crippen molar-refractivity contribution in [1.29, 1.82) is 0 Å². The van der Waals surface area contributed by atoms with Gasteiger partial charge in [0.05, 0.1) is 6.54 Å². The lowest BCUT2D eigenvalue weighted by atomic mass is 10.1. The maximum Gasteiger partial charge on any atom is 0.241 e. The van der Waals surface area contributed by atoms with Crippen LogP contribution in [0.4, 0.5) is 5.69 Å². The Hall–Kier alpha value is -1.55. The molecule has 20 heavy (non-hydrogen) atoms. The Bertz CT molecular complexity index is 485. The second-order valence-corrected chi connectivity index (χ2v) is 5.88. The number of piperazine rings is 1. The number of rotatable bonds is 4.